The highest BCUT2D eigenvalue weighted by molar-refractivity contribution is 5.38. The third-order valence-corrected chi connectivity index (χ3v) is 4.09. The highest BCUT2D eigenvalue weighted by atomic mass is 16.5. The molecule has 1 aromatic rings. The van der Waals surface area contributed by atoms with E-state index >= 15 is 0 Å². The minimum absolute atomic E-state index is 0.118. The number of nitrogens with two attached hydrogens (primary N) is 1. The van der Waals surface area contributed by atoms with Crippen molar-refractivity contribution < 1.29 is 4.74 Å². The van der Waals surface area contributed by atoms with E-state index in [1.165, 1.54) is 17.5 Å². The summed E-state index contributed by atoms with van der Waals surface area (Å²) in [6.07, 6.45) is 4.22. The number of hydrogen-bond donors (Lipinski definition) is 1. The highest BCUT2D eigenvalue weighted by Gasteiger charge is 2.31. The van der Waals surface area contributed by atoms with Crippen molar-refractivity contribution >= 4 is 0 Å². The molecule has 1 aromatic carbocycles. The van der Waals surface area contributed by atoms with Gasteiger partial charge in [-0.1, -0.05) is 19.1 Å². The lowest BCUT2D eigenvalue weighted by atomic mass is 9.83. The summed E-state index contributed by atoms with van der Waals surface area (Å²) < 4.78 is 5.49. The van der Waals surface area contributed by atoms with Crippen LogP contribution in [0.3, 0.4) is 0 Å². The number of piperidine rings is 1. The molecule has 2 rings (SSSR count). The standard InChI is InChI=1S/C16H26N2O/c1-4-13-6-7-15(19-3)14(10-13)11-16(17)8-5-9-18(2)12-16/h6-7,10H,4-5,8-9,11-12,17H2,1-3H3. The molecule has 2 N–H and O–H groups in total. The molecule has 0 bridgehead atoms. The van der Waals surface area contributed by atoms with Crippen LogP contribution in [0.2, 0.25) is 0 Å². The molecule has 0 aliphatic carbocycles. The molecule has 106 valence electrons. The van der Waals surface area contributed by atoms with Crippen LogP contribution in [0.25, 0.3) is 0 Å². The van der Waals surface area contributed by atoms with Crippen LogP contribution >= 0.6 is 0 Å². The zero-order valence-electron chi connectivity index (χ0n) is 12.4. The van der Waals surface area contributed by atoms with Crippen LogP contribution in [0.15, 0.2) is 18.2 Å². The molecule has 19 heavy (non-hydrogen) atoms. The molecule has 1 fully saturated rings. The van der Waals surface area contributed by atoms with Crippen LogP contribution < -0.4 is 10.5 Å². The third-order valence-electron chi connectivity index (χ3n) is 4.09. The largest absolute Gasteiger partial charge is 0.496 e. The van der Waals surface area contributed by atoms with Crippen LogP contribution in [-0.2, 0) is 12.8 Å². The number of rotatable bonds is 4. The minimum atomic E-state index is -0.118. The van der Waals surface area contributed by atoms with Crippen molar-refractivity contribution in [3.05, 3.63) is 29.3 Å². The number of aryl methyl sites for hydroxylation is 1. The Kier molecular flexibility index (Phi) is 4.48. The van der Waals surface area contributed by atoms with Gasteiger partial charge < -0.3 is 15.4 Å². The quantitative estimate of drug-likeness (QED) is 0.904. The van der Waals surface area contributed by atoms with Gasteiger partial charge in [0.05, 0.1) is 7.11 Å². The van der Waals surface area contributed by atoms with Crippen molar-refractivity contribution in [2.45, 2.75) is 38.1 Å². The molecule has 1 unspecified atom stereocenters. The average molecular weight is 262 g/mol. The lowest BCUT2D eigenvalue weighted by molar-refractivity contribution is 0.177. The van der Waals surface area contributed by atoms with Crippen molar-refractivity contribution in [1.29, 1.82) is 0 Å². The predicted molar refractivity (Wildman–Crippen MR) is 79.7 cm³/mol. The molecule has 1 saturated heterocycles. The van der Waals surface area contributed by atoms with Gasteiger partial charge in [-0.2, -0.15) is 0 Å². The molecule has 0 saturated carbocycles. The monoisotopic (exact) mass is 262 g/mol. The number of likely N-dealkylation sites (N-methyl/N-ethyl adjacent to an activating group) is 1. The van der Waals surface area contributed by atoms with Gasteiger partial charge in [-0.05, 0) is 56.5 Å². The predicted octanol–water partition coefficient (Wildman–Crippen LogP) is 2.22. The smallest absolute Gasteiger partial charge is 0.122 e. The normalized spacial score (nSPS) is 24.4. The van der Waals surface area contributed by atoms with Gasteiger partial charge in [-0.15, -0.1) is 0 Å². The van der Waals surface area contributed by atoms with Crippen LogP contribution in [-0.4, -0.2) is 37.7 Å². The summed E-state index contributed by atoms with van der Waals surface area (Å²) in [7, 11) is 3.89. The van der Waals surface area contributed by atoms with Crippen molar-refractivity contribution in [3.63, 3.8) is 0 Å². The second kappa shape index (κ2) is 5.93. The van der Waals surface area contributed by atoms with E-state index in [4.69, 9.17) is 10.5 Å². The zero-order valence-corrected chi connectivity index (χ0v) is 12.4. The maximum atomic E-state index is 6.60. The van der Waals surface area contributed by atoms with E-state index in [-0.39, 0.29) is 5.54 Å². The fourth-order valence-electron chi connectivity index (χ4n) is 3.11. The summed E-state index contributed by atoms with van der Waals surface area (Å²) in [5.74, 6) is 0.968. The third kappa shape index (κ3) is 3.48. The molecular weight excluding hydrogens is 236 g/mol. The first-order valence-electron chi connectivity index (χ1n) is 7.19. The Bertz CT molecular complexity index is 433. The summed E-state index contributed by atoms with van der Waals surface area (Å²) >= 11 is 0. The number of ether oxygens (including phenoxy) is 1. The molecule has 1 aliphatic rings. The van der Waals surface area contributed by atoms with Crippen molar-refractivity contribution in [3.8, 4) is 5.75 Å². The molecule has 1 aliphatic heterocycles. The average Bonchev–Trinajstić information content (AvgIpc) is 2.37. The van der Waals surface area contributed by atoms with Crippen LogP contribution in [0.1, 0.15) is 30.9 Å². The SMILES string of the molecule is CCc1ccc(OC)c(CC2(N)CCCN(C)C2)c1. The van der Waals surface area contributed by atoms with Gasteiger partial charge in [-0.25, -0.2) is 0 Å². The van der Waals surface area contributed by atoms with Gasteiger partial charge in [0.25, 0.3) is 0 Å². The fraction of sp³-hybridized carbons (Fsp3) is 0.625. The molecule has 0 amide bonds. The van der Waals surface area contributed by atoms with E-state index in [2.05, 4.69) is 37.1 Å². The molecule has 1 heterocycles. The second-order valence-corrected chi connectivity index (χ2v) is 5.88. The summed E-state index contributed by atoms with van der Waals surface area (Å²) in [5.41, 5.74) is 9.08. The Labute approximate surface area is 116 Å². The molecule has 3 heteroatoms. The summed E-state index contributed by atoms with van der Waals surface area (Å²) in [4.78, 5) is 2.33. The Morgan fingerprint density at radius 1 is 1.42 bits per heavy atom. The van der Waals surface area contributed by atoms with Gasteiger partial charge in [0.2, 0.25) is 0 Å². The van der Waals surface area contributed by atoms with Crippen molar-refractivity contribution in [1.82, 2.24) is 4.90 Å². The fourth-order valence-corrected chi connectivity index (χ4v) is 3.11. The van der Waals surface area contributed by atoms with Gasteiger partial charge in [0.1, 0.15) is 5.75 Å². The summed E-state index contributed by atoms with van der Waals surface area (Å²) in [5, 5.41) is 0. The lowest BCUT2D eigenvalue weighted by Crippen LogP contribution is -2.54. The van der Waals surface area contributed by atoms with E-state index in [1.54, 1.807) is 7.11 Å². The molecule has 0 aromatic heterocycles. The number of methoxy groups -OCH3 is 1. The molecular formula is C16H26N2O. The number of benzene rings is 1. The van der Waals surface area contributed by atoms with E-state index in [0.29, 0.717) is 0 Å². The number of hydrogen-bond acceptors (Lipinski definition) is 3. The lowest BCUT2D eigenvalue weighted by Gasteiger charge is -2.39. The van der Waals surface area contributed by atoms with E-state index in [9.17, 15) is 0 Å². The van der Waals surface area contributed by atoms with Crippen LogP contribution in [0, 0.1) is 0 Å². The maximum absolute atomic E-state index is 6.60. The topological polar surface area (TPSA) is 38.5 Å². The Morgan fingerprint density at radius 2 is 2.21 bits per heavy atom. The van der Waals surface area contributed by atoms with Crippen LogP contribution in [0.4, 0.5) is 0 Å². The minimum Gasteiger partial charge on any atom is -0.496 e. The van der Waals surface area contributed by atoms with Gasteiger partial charge in [-0.3, -0.25) is 0 Å². The Balaban J connectivity index is 2.21. The Morgan fingerprint density at radius 3 is 2.84 bits per heavy atom. The molecule has 0 radical (unpaired) electrons. The summed E-state index contributed by atoms with van der Waals surface area (Å²) in [6.45, 7) is 4.30. The molecule has 3 nitrogen and oxygen atoms in total. The van der Waals surface area contributed by atoms with E-state index in [0.717, 1.165) is 38.1 Å². The van der Waals surface area contributed by atoms with E-state index < -0.39 is 0 Å². The van der Waals surface area contributed by atoms with E-state index in [1.807, 2.05) is 0 Å². The Hall–Kier alpha value is -1.06. The number of nitrogens with zero attached hydrogens (tertiary/aromatic N) is 1. The van der Waals surface area contributed by atoms with Gasteiger partial charge in [0.15, 0.2) is 0 Å². The van der Waals surface area contributed by atoms with Crippen molar-refractivity contribution in [2.24, 2.45) is 5.73 Å². The first kappa shape index (κ1) is 14.4. The maximum Gasteiger partial charge on any atom is 0.122 e. The zero-order chi connectivity index (χ0) is 13.9. The summed E-state index contributed by atoms with van der Waals surface area (Å²) in [6, 6.07) is 6.46. The first-order valence-corrected chi connectivity index (χ1v) is 7.19. The molecule has 0 spiro atoms. The second-order valence-electron chi connectivity index (χ2n) is 5.88. The van der Waals surface area contributed by atoms with Crippen molar-refractivity contribution in [2.75, 3.05) is 27.2 Å². The number of likely N-dealkylation sites (tertiary alicyclic amines) is 1. The highest BCUT2D eigenvalue weighted by Crippen LogP contribution is 2.28. The van der Waals surface area contributed by atoms with Gasteiger partial charge >= 0.3 is 0 Å². The molecule has 1 atom stereocenters. The van der Waals surface area contributed by atoms with Crippen LogP contribution in [0.5, 0.6) is 5.75 Å². The first-order chi connectivity index (χ1) is 9.06. The van der Waals surface area contributed by atoms with Gasteiger partial charge in [0, 0.05) is 12.1 Å².